The van der Waals surface area contributed by atoms with E-state index in [0.29, 0.717) is 6.54 Å². The highest BCUT2D eigenvalue weighted by molar-refractivity contribution is 5.31. The van der Waals surface area contributed by atoms with Crippen molar-refractivity contribution in [3.8, 4) is 5.75 Å². The summed E-state index contributed by atoms with van der Waals surface area (Å²) in [6.45, 7) is 0.489. The van der Waals surface area contributed by atoms with E-state index >= 15 is 0 Å². The highest BCUT2D eigenvalue weighted by atomic mass is 16.5. The Hall–Kier alpha value is -1.06. The Balaban J connectivity index is 2.21. The topological polar surface area (TPSA) is 55.5 Å². The highest BCUT2D eigenvalue weighted by Gasteiger charge is 2.36. The lowest BCUT2D eigenvalue weighted by Gasteiger charge is -2.35. The van der Waals surface area contributed by atoms with Crippen LogP contribution in [0.5, 0.6) is 5.75 Å². The van der Waals surface area contributed by atoms with E-state index in [0.717, 1.165) is 37.0 Å². The highest BCUT2D eigenvalue weighted by Crippen LogP contribution is 2.38. The third-order valence-electron chi connectivity index (χ3n) is 4.37. The summed E-state index contributed by atoms with van der Waals surface area (Å²) in [5.41, 5.74) is 6.43. The van der Waals surface area contributed by atoms with E-state index in [2.05, 4.69) is 0 Å². The van der Waals surface area contributed by atoms with Crippen LogP contribution >= 0.6 is 0 Å². The molecule has 1 saturated carbocycles. The van der Waals surface area contributed by atoms with Crippen LogP contribution in [0.1, 0.15) is 50.0 Å². The summed E-state index contributed by atoms with van der Waals surface area (Å²) in [7, 11) is 1.66. The van der Waals surface area contributed by atoms with Crippen molar-refractivity contribution in [2.45, 2.75) is 50.0 Å². The number of nitrogens with two attached hydrogens (primary N) is 1. The molecule has 0 spiro atoms. The first kappa shape index (κ1) is 14.4. The summed E-state index contributed by atoms with van der Waals surface area (Å²) in [5, 5.41) is 11.0. The lowest BCUT2D eigenvalue weighted by Crippen LogP contribution is -2.39. The first-order valence-corrected chi connectivity index (χ1v) is 7.26. The third-order valence-corrected chi connectivity index (χ3v) is 4.37. The number of methoxy groups -OCH3 is 1. The van der Waals surface area contributed by atoms with E-state index in [1.165, 1.54) is 12.8 Å². The zero-order valence-corrected chi connectivity index (χ0v) is 11.8. The van der Waals surface area contributed by atoms with Gasteiger partial charge in [0.2, 0.25) is 0 Å². The summed E-state index contributed by atoms with van der Waals surface area (Å²) in [6.07, 6.45) is 6.37. The molecule has 19 heavy (non-hydrogen) atoms. The molecule has 3 N–H and O–H groups in total. The fourth-order valence-electron chi connectivity index (χ4n) is 3.19. The maximum atomic E-state index is 11.0. The van der Waals surface area contributed by atoms with Gasteiger partial charge in [-0.05, 0) is 30.5 Å². The van der Waals surface area contributed by atoms with Gasteiger partial charge in [0.25, 0.3) is 0 Å². The lowest BCUT2D eigenvalue weighted by molar-refractivity contribution is -0.000331. The number of hydrogen-bond donors (Lipinski definition) is 2. The summed E-state index contributed by atoms with van der Waals surface area (Å²) in [5.74, 6) is 0.865. The van der Waals surface area contributed by atoms with E-state index in [1.807, 2.05) is 24.3 Å². The van der Waals surface area contributed by atoms with E-state index in [9.17, 15) is 5.11 Å². The zero-order valence-electron chi connectivity index (χ0n) is 11.8. The molecular weight excluding hydrogens is 238 g/mol. The SMILES string of the molecule is COc1ccc(C(CN)C2(O)CCCCCC2)cc1. The Morgan fingerprint density at radius 3 is 2.21 bits per heavy atom. The van der Waals surface area contributed by atoms with Crippen LogP contribution in [0.2, 0.25) is 0 Å². The van der Waals surface area contributed by atoms with Crippen molar-refractivity contribution >= 4 is 0 Å². The zero-order chi connectivity index (χ0) is 13.7. The largest absolute Gasteiger partial charge is 0.497 e. The molecule has 0 radical (unpaired) electrons. The van der Waals surface area contributed by atoms with E-state index in [4.69, 9.17) is 10.5 Å². The van der Waals surface area contributed by atoms with E-state index in [1.54, 1.807) is 7.11 Å². The van der Waals surface area contributed by atoms with Gasteiger partial charge in [0.15, 0.2) is 0 Å². The average molecular weight is 263 g/mol. The number of ether oxygens (including phenoxy) is 1. The van der Waals surface area contributed by atoms with Gasteiger partial charge in [-0.2, -0.15) is 0 Å². The van der Waals surface area contributed by atoms with Crippen molar-refractivity contribution in [1.82, 2.24) is 0 Å². The van der Waals surface area contributed by atoms with Gasteiger partial charge in [0.1, 0.15) is 5.75 Å². The Kier molecular flexibility index (Phi) is 4.83. The van der Waals surface area contributed by atoms with Crippen LogP contribution in [0, 0.1) is 0 Å². The Bertz CT molecular complexity index is 380. The van der Waals surface area contributed by atoms with Gasteiger partial charge in [-0.25, -0.2) is 0 Å². The molecule has 1 atom stereocenters. The summed E-state index contributed by atoms with van der Waals surface area (Å²) >= 11 is 0. The van der Waals surface area contributed by atoms with Crippen LogP contribution in [0.25, 0.3) is 0 Å². The summed E-state index contributed by atoms with van der Waals surface area (Å²) in [4.78, 5) is 0. The van der Waals surface area contributed by atoms with Gasteiger partial charge >= 0.3 is 0 Å². The molecule has 2 rings (SSSR count). The minimum absolute atomic E-state index is 0.0245. The standard InChI is InChI=1S/C16H25NO2/c1-19-14-8-6-13(7-9-14)15(12-17)16(18)10-4-2-3-5-11-16/h6-9,15,18H,2-5,10-12,17H2,1H3. The molecule has 0 saturated heterocycles. The Labute approximate surface area is 115 Å². The van der Waals surface area contributed by atoms with Crippen molar-refractivity contribution in [1.29, 1.82) is 0 Å². The van der Waals surface area contributed by atoms with E-state index in [-0.39, 0.29) is 5.92 Å². The minimum Gasteiger partial charge on any atom is -0.497 e. The molecule has 1 aliphatic carbocycles. The summed E-state index contributed by atoms with van der Waals surface area (Å²) < 4.78 is 5.18. The van der Waals surface area contributed by atoms with E-state index < -0.39 is 5.60 Å². The number of aliphatic hydroxyl groups is 1. The fourth-order valence-corrected chi connectivity index (χ4v) is 3.19. The molecule has 1 aromatic carbocycles. The molecule has 1 aromatic rings. The first-order chi connectivity index (χ1) is 9.19. The number of benzene rings is 1. The van der Waals surface area contributed by atoms with Gasteiger partial charge in [-0.1, -0.05) is 37.8 Å². The van der Waals surface area contributed by atoms with Crippen LogP contribution in [-0.2, 0) is 0 Å². The average Bonchev–Trinajstić information content (AvgIpc) is 2.66. The van der Waals surface area contributed by atoms with Crippen molar-refractivity contribution in [3.05, 3.63) is 29.8 Å². The van der Waals surface area contributed by atoms with Crippen molar-refractivity contribution in [3.63, 3.8) is 0 Å². The molecule has 3 heteroatoms. The second-order valence-corrected chi connectivity index (χ2v) is 5.58. The van der Waals surface area contributed by atoms with Gasteiger partial charge in [0, 0.05) is 12.5 Å². The van der Waals surface area contributed by atoms with Crippen molar-refractivity contribution in [2.24, 2.45) is 5.73 Å². The van der Waals surface area contributed by atoms with Crippen LogP contribution in [0.4, 0.5) is 0 Å². The molecule has 0 heterocycles. The predicted octanol–water partition coefficient (Wildman–Crippen LogP) is 2.82. The van der Waals surface area contributed by atoms with Crippen LogP contribution < -0.4 is 10.5 Å². The van der Waals surface area contributed by atoms with Gasteiger partial charge in [-0.15, -0.1) is 0 Å². The van der Waals surface area contributed by atoms with Crippen LogP contribution in [-0.4, -0.2) is 24.4 Å². The van der Waals surface area contributed by atoms with Crippen LogP contribution in [0.15, 0.2) is 24.3 Å². The Morgan fingerprint density at radius 1 is 1.16 bits per heavy atom. The number of rotatable bonds is 4. The normalized spacial score (nSPS) is 20.6. The molecule has 0 aromatic heterocycles. The molecule has 1 unspecified atom stereocenters. The maximum absolute atomic E-state index is 11.0. The van der Waals surface area contributed by atoms with Crippen molar-refractivity contribution < 1.29 is 9.84 Å². The van der Waals surface area contributed by atoms with Crippen LogP contribution in [0.3, 0.4) is 0 Å². The lowest BCUT2D eigenvalue weighted by atomic mass is 9.77. The first-order valence-electron chi connectivity index (χ1n) is 7.26. The monoisotopic (exact) mass is 263 g/mol. The molecule has 0 aliphatic heterocycles. The van der Waals surface area contributed by atoms with Gasteiger partial charge in [0.05, 0.1) is 12.7 Å². The summed E-state index contributed by atoms with van der Waals surface area (Å²) in [6, 6.07) is 7.94. The predicted molar refractivity (Wildman–Crippen MR) is 77.4 cm³/mol. The maximum Gasteiger partial charge on any atom is 0.118 e. The third kappa shape index (κ3) is 3.28. The molecule has 0 amide bonds. The molecule has 1 fully saturated rings. The van der Waals surface area contributed by atoms with Gasteiger partial charge < -0.3 is 15.6 Å². The number of hydrogen-bond acceptors (Lipinski definition) is 3. The minimum atomic E-state index is -0.639. The van der Waals surface area contributed by atoms with Crippen molar-refractivity contribution in [2.75, 3.05) is 13.7 Å². The molecule has 3 nitrogen and oxygen atoms in total. The quantitative estimate of drug-likeness (QED) is 0.821. The second kappa shape index (κ2) is 6.40. The molecule has 0 bridgehead atoms. The molecule has 1 aliphatic rings. The smallest absolute Gasteiger partial charge is 0.118 e. The molecular formula is C16H25NO2. The molecule has 106 valence electrons. The second-order valence-electron chi connectivity index (χ2n) is 5.58. The fraction of sp³-hybridized carbons (Fsp3) is 0.625. The Morgan fingerprint density at radius 2 is 1.74 bits per heavy atom. The van der Waals surface area contributed by atoms with Gasteiger partial charge in [-0.3, -0.25) is 0 Å².